The van der Waals surface area contributed by atoms with E-state index in [1.54, 1.807) is 6.20 Å². The number of benzene rings is 1. The van der Waals surface area contributed by atoms with Gasteiger partial charge in [0.15, 0.2) is 11.7 Å². The van der Waals surface area contributed by atoms with Crippen molar-refractivity contribution < 1.29 is 13.9 Å². The molecule has 132 valence electrons. The number of hydrogen-bond donors (Lipinski definition) is 0. The van der Waals surface area contributed by atoms with Gasteiger partial charge in [0.1, 0.15) is 0 Å². The second-order valence-corrected chi connectivity index (χ2v) is 6.98. The fourth-order valence-electron chi connectivity index (χ4n) is 3.87. The van der Waals surface area contributed by atoms with Crippen molar-refractivity contribution in [3.63, 3.8) is 0 Å². The fraction of sp³-hybridized carbons (Fsp3) is 0.500. The number of ether oxygens (including phenoxy) is 1. The van der Waals surface area contributed by atoms with Gasteiger partial charge in [-0.3, -0.25) is 4.79 Å². The van der Waals surface area contributed by atoms with Crippen LogP contribution in [0.3, 0.4) is 0 Å². The molecular weight excluding hydrogens is 316 g/mol. The summed E-state index contributed by atoms with van der Waals surface area (Å²) in [6, 6.07) is 8.43. The Morgan fingerprint density at radius 1 is 1.28 bits per heavy atom. The summed E-state index contributed by atoms with van der Waals surface area (Å²) in [5, 5.41) is 0. The van der Waals surface area contributed by atoms with Crippen molar-refractivity contribution in [1.29, 1.82) is 0 Å². The number of aromatic nitrogens is 1. The molecule has 2 aromatic rings. The standard InChI is InChI=1S/C20H24N2O3/c1-14-5-7-15(8-6-14)18-13-21-19(25-18)9-10-20(23)22-11-12-24-17-4-2-3-16(17)22/h5-8,13,16-17H,2-4,9-12H2,1H3. The number of amides is 1. The number of fused-ring (bicyclic) bond motifs is 1. The second kappa shape index (κ2) is 7.00. The van der Waals surface area contributed by atoms with Crippen LogP contribution in [0.5, 0.6) is 0 Å². The zero-order chi connectivity index (χ0) is 17.2. The maximum absolute atomic E-state index is 12.6. The maximum Gasteiger partial charge on any atom is 0.223 e. The second-order valence-electron chi connectivity index (χ2n) is 6.98. The summed E-state index contributed by atoms with van der Waals surface area (Å²) in [7, 11) is 0. The fourth-order valence-corrected chi connectivity index (χ4v) is 3.87. The SMILES string of the molecule is Cc1ccc(-c2cnc(CCC(=O)N3CCOC4CCCC43)o2)cc1. The van der Waals surface area contributed by atoms with Gasteiger partial charge in [0.05, 0.1) is 24.9 Å². The lowest BCUT2D eigenvalue weighted by Crippen LogP contribution is -2.51. The Hall–Kier alpha value is -2.14. The van der Waals surface area contributed by atoms with Crippen molar-refractivity contribution in [2.75, 3.05) is 13.2 Å². The minimum Gasteiger partial charge on any atom is -0.441 e. The Kier molecular flexibility index (Phi) is 4.57. The summed E-state index contributed by atoms with van der Waals surface area (Å²) < 4.78 is 11.6. The summed E-state index contributed by atoms with van der Waals surface area (Å²) in [4.78, 5) is 19.0. The lowest BCUT2D eigenvalue weighted by Gasteiger charge is -2.37. The predicted molar refractivity (Wildman–Crippen MR) is 94.1 cm³/mol. The highest BCUT2D eigenvalue weighted by Crippen LogP contribution is 2.30. The molecule has 0 spiro atoms. The van der Waals surface area contributed by atoms with Crippen LogP contribution in [0.4, 0.5) is 0 Å². The van der Waals surface area contributed by atoms with E-state index in [4.69, 9.17) is 9.15 Å². The van der Waals surface area contributed by atoms with Crippen molar-refractivity contribution in [2.24, 2.45) is 0 Å². The molecule has 0 N–H and O–H groups in total. The molecule has 2 fully saturated rings. The van der Waals surface area contributed by atoms with Gasteiger partial charge in [0, 0.05) is 24.9 Å². The van der Waals surface area contributed by atoms with Gasteiger partial charge in [0.25, 0.3) is 0 Å². The molecule has 1 aliphatic carbocycles. The zero-order valence-corrected chi connectivity index (χ0v) is 14.6. The number of morpholine rings is 1. The van der Waals surface area contributed by atoms with Gasteiger partial charge in [0.2, 0.25) is 5.91 Å². The molecule has 1 aromatic carbocycles. The Labute approximate surface area is 148 Å². The highest BCUT2D eigenvalue weighted by atomic mass is 16.5. The number of hydrogen-bond acceptors (Lipinski definition) is 4. The van der Waals surface area contributed by atoms with E-state index in [0.717, 1.165) is 30.6 Å². The van der Waals surface area contributed by atoms with E-state index in [-0.39, 0.29) is 18.1 Å². The van der Waals surface area contributed by atoms with Gasteiger partial charge in [-0.15, -0.1) is 0 Å². The molecule has 25 heavy (non-hydrogen) atoms. The van der Waals surface area contributed by atoms with Crippen LogP contribution in [0.15, 0.2) is 34.9 Å². The Balaban J connectivity index is 1.37. The van der Waals surface area contributed by atoms with Crippen LogP contribution in [0, 0.1) is 6.92 Å². The highest BCUT2D eigenvalue weighted by molar-refractivity contribution is 5.77. The highest BCUT2D eigenvalue weighted by Gasteiger charge is 2.38. The third-order valence-corrected chi connectivity index (χ3v) is 5.24. The molecule has 5 nitrogen and oxygen atoms in total. The molecule has 1 aliphatic heterocycles. The van der Waals surface area contributed by atoms with Gasteiger partial charge in [-0.25, -0.2) is 4.98 Å². The normalized spacial score (nSPS) is 22.8. The number of carbonyl (C=O) groups excluding carboxylic acids is 1. The molecule has 1 amide bonds. The van der Waals surface area contributed by atoms with Crippen LogP contribution in [0.25, 0.3) is 11.3 Å². The van der Waals surface area contributed by atoms with Crippen LogP contribution >= 0.6 is 0 Å². The van der Waals surface area contributed by atoms with E-state index in [1.807, 2.05) is 17.0 Å². The van der Waals surface area contributed by atoms with E-state index in [2.05, 4.69) is 24.0 Å². The van der Waals surface area contributed by atoms with Crippen molar-refractivity contribution in [3.8, 4) is 11.3 Å². The Morgan fingerprint density at radius 2 is 2.12 bits per heavy atom. The summed E-state index contributed by atoms with van der Waals surface area (Å²) in [6.07, 6.45) is 6.26. The minimum absolute atomic E-state index is 0.190. The first kappa shape index (κ1) is 16.3. The van der Waals surface area contributed by atoms with Gasteiger partial charge >= 0.3 is 0 Å². The Bertz CT molecular complexity index is 738. The first-order valence-corrected chi connectivity index (χ1v) is 9.13. The van der Waals surface area contributed by atoms with Crippen molar-refractivity contribution in [1.82, 2.24) is 9.88 Å². The quantitative estimate of drug-likeness (QED) is 0.856. The zero-order valence-electron chi connectivity index (χ0n) is 14.6. The van der Waals surface area contributed by atoms with Gasteiger partial charge in [-0.05, 0) is 26.2 Å². The smallest absolute Gasteiger partial charge is 0.223 e. The summed E-state index contributed by atoms with van der Waals surface area (Å²) in [5.41, 5.74) is 2.22. The average molecular weight is 340 g/mol. The summed E-state index contributed by atoms with van der Waals surface area (Å²) in [6.45, 7) is 3.42. The molecule has 0 bridgehead atoms. The van der Waals surface area contributed by atoms with Crippen LogP contribution in [-0.4, -0.2) is 41.1 Å². The molecular formula is C20H24N2O3. The first-order valence-electron chi connectivity index (χ1n) is 9.13. The van der Waals surface area contributed by atoms with E-state index < -0.39 is 0 Å². The maximum atomic E-state index is 12.6. The van der Waals surface area contributed by atoms with Gasteiger partial charge in [-0.1, -0.05) is 29.8 Å². The van der Waals surface area contributed by atoms with E-state index in [1.165, 1.54) is 5.56 Å². The monoisotopic (exact) mass is 340 g/mol. The third-order valence-electron chi connectivity index (χ3n) is 5.24. The summed E-state index contributed by atoms with van der Waals surface area (Å²) in [5.74, 6) is 1.57. The average Bonchev–Trinajstić information content (AvgIpc) is 3.29. The number of nitrogens with zero attached hydrogens (tertiary/aromatic N) is 2. The van der Waals surface area contributed by atoms with E-state index in [9.17, 15) is 4.79 Å². The molecule has 5 heteroatoms. The van der Waals surface area contributed by atoms with E-state index in [0.29, 0.717) is 31.9 Å². The summed E-state index contributed by atoms with van der Waals surface area (Å²) >= 11 is 0. The number of rotatable bonds is 4. The molecule has 2 atom stereocenters. The number of aryl methyl sites for hydroxylation is 2. The van der Waals surface area contributed by atoms with E-state index >= 15 is 0 Å². The van der Waals surface area contributed by atoms with Crippen molar-refractivity contribution >= 4 is 5.91 Å². The van der Waals surface area contributed by atoms with Crippen LogP contribution in [0.1, 0.15) is 37.1 Å². The third kappa shape index (κ3) is 3.47. The lowest BCUT2D eigenvalue weighted by atomic mass is 10.1. The van der Waals surface area contributed by atoms with Gasteiger partial charge in [-0.2, -0.15) is 0 Å². The van der Waals surface area contributed by atoms with Gasteiger partial charge < -0.3 is 14.1 Å². The molecule has 4 rings (SSSR count). The van der Waals surface area contributed by atoms with Crippen LogP contribution < -0.4 is 0 Å². The lowest BCUT2D eigenvalue weighted by molar-refractivity contribution is -0.144. The van der Waals surface area contributed by atoms with Crippen LogP contribution in [0.2, 0.25) is 0 Å². The molecule has 1 saturated carbocycles. The molecule has 0 radical (unpaired) electrons. The first-order chi connectivity index (χ1) is 12.2. The molecule has 2 heterocycles. The van der Waals surface area contributed by atoms with Crippen molar-refractivity contribution in [2.45, 2.75) is 51.2 Å². The largest absolute Gasteiger partial charge is 0.441 e. The molecule has 2 aliphatic rings. The van der Waals surface area contributed by atoms with Crippen LogP contribution in [-0.2, 0) is 16.0 Å². The molecule has 1 saturated heterocycles. The number of oxazole rings is 1. The predicted octanol–water partition coefficient (Wildman–Crippen LogP) is 3.36. The molecule has 2 unspecified atom stereocenters. The van der Waals surface area contributed by atoms with Crippen molar-refractivity contribution in [3.05, 3.63) is 41.9 Å². The number of carbonyl (C=O) groups is 1. The topological polar surface area (TPSA) is 55.6 Å². The minimum atomic E-state index is 0.190. The Morgan fingerprint density at radius 3 is 2.96 bits per heavy atom. The molecule has 1 aromatic heterocycles.